The van der Waals surface area contributed by atoms with Gasteiger partial charge < -0.3 is 28.1 Å². The first-order valence-electron chi connectivity index (χ1n) is 14.0. The number of halogens is 1. The summed E-state index contributed by atoms with van der Waals surface area (Å²) in [6, 6.07) is 12.5. The maximum absolute atomic E-state index is 14.4. The predicted molar refractivity (Wildman–Crippen MR) is 159 cm³/mol. The highest BCUT2D eigenvalue weighted by Crippen LogP contribution is 2.40. The number of carbonyl (C=O) groups excluding carboxylic acids is 4. The highest BCUT2D eigenvalue weighted by Gasteiger charge is 2.53. The third-order valence-corrected chi connectivity index (χ3v) is 7.91. The number of ether oxygens (including phenoxy) is 5. The van der Waals surface area contributed by atoms with E-state index in [4.69, 9.17) is 28.1 Å². The molecule has 0 bridgehead atoms. The van der Waals surface area contributed by atoms with E-state index in [1.807, 2.05) is 0 Å². The molecule has 5 unspecified atom stereocenters. The van der Waals surface area contributed by atoms with Gasteiger partial charge in [0, 0.05) is 50.5 Å². The fourth-order valence-electron chi connectivity index (χ4n) is 5.16. The summed E-state index contributed by atoms with van der Waals surface area (Å²) in [7, 11) is 0. The molecule has 4 aromatic rings. The summed E-state index contributed by atoms with van der Waals surface area (Å²) in [6.07, 6.45) is -6.81. The van der Waals surface area contributed by atoms with Gasteiger partial charge in [0.15, 0.2) is 29.7 Å². The summed E-state index contributed by atoms with van der Waals surface area (Å²) >= 11 is 1.09. The molecule has 0 N–H and O–H groups in total. The lowest BCUT2D eigenvalue weighted by Crippen LogP contribution is -2.60. The van der Waals surface area contributed by atoms with Crippen LogP contribution in [0, 0.1) is 5.82 Å². The Morgan fingerprint density at radius 3 is 2.26 bits per heavy atom. The van der Waals surface area contributed by atoms with Gasteiger partial charge in [-0.1, -0.05) is 30.0 Å². The van der Waals surface area contributed by atoms with Crippen LogP contribution in [0.4, 0.5) is 4.39 Å². The largest absolute Gasteiger partial charge is 0.463 e. The standard InChI is InChI=1S/C31H29FN2O11S/c1-15(35)40-13-25-26(41-16(2)36)27(42-17(3)37)28(43-18(4)38)29(44-25)34-23-10-9-21(32)12-22(23)33-31(34)46-14-20-11-19-7-5-6-8-24(19)45-30(20)39/h5-12,25-29H,13-14H2,1-4H3. The molecule has 46 heavy (non-hydrogen) atoms. The summed E-state index contributed by atoms with van der Waals surface area (Å²) < 4.78 is 49.5. The number of fused-ring (bicyclic) bond motifs is 2. The molecule has 0 radical (unpaired) electrons. The molecule has 3 heterocycles. The fraction of sp³-hybridized carbons (Fsp3) is 0.355. The summed E-state index contributed by atoms with van der Waals surface area (Å²) in [5.41, 5.74) is 0.694. The van der Waals surface area contributed by atoms with E-state index in [1.165, 1.54) is 29.7 Å². The summed E-state index contributed by atoms with van der Waals surface area (Å²) in [5.74, 6) is -3.53. The number of aromatic nitrogens is 2. The summed E-state index contributed by atoms with van der Waals surface area (Å²) in [4.78, 5) is 66.0. The van der Waals surface area contributed by atoms with Crippen LogP contribution in [-0.2, 0) is 48.6 Å². The van der Waals surface area contributed by atoms with E-state index in [1.54, 1.807) is 30.3 Å². The molecule has 0 aliphatic carbocycles. The molecule has 15 heteroatoms. The normalized spacial score (nSPS) is 21.1. The third kappa shape index (κ3) is 7.21. The van der Waals surface area contributed by atoms with Crippen LogP contribution in [0.3, 0.4) is 0 Å². The molecule has 5 rings (SSSR count). The highest BCUT2D eigenvalue weighted by atomic mass is 32.2. The monoisotopic (exact) mass is 656 g/mol. The maximum Gasteiger partial charge on any atom is 0.340 e. The first-order chi connectivity index (χ1) is 21.9. The summed E-state index contributed by atoms with van der Waals surface area (Å²) in [5, 5.41) is 0.905. The van der Waals surface area contributed by atoms with Crippen LogP contribution in [-0.4, -0.2) is 64.5 Å². The molecule has 13 nitrogen and oxygen atoms in total. The van der Waals surface area contributed by atoms with Gasteiger partial charge in [-0.05, 0) is 24.3 Å². The molecule has 0 spiro atoms. The topological polar surface area (TPSA) is 162 Å². The van der Waals surface area contributed by atoms with Gasteiger partial charge in [-0.3, -0.25) is 23.7 Å². The van der Waals surface area contributed by atoms with E-state index in [2.05, 4.69) is 4.98 Å². The van der Waals surface area contributed by atoms with Crippen LogP contribution in [0.2, 0.25) is 0 Å². The van der Waals surface area contributed by atoms with Gasteiger partial charge in [0.1, 0.15) is 24.1 Å². The van der Waals surface area contributed by atoms with Crippen molar-refractivity contribution in [1.29, 1.82) is 0 Å². The Morgan fingerprint density at radius 1 is 0.891 bits per heavy atom. The smallest absolute Gasteiger partial charge is 0.340 e. The highest BCUT2D eigenvalue weighted by molar-refractivity contribution is 7.98. The van der Waals surface area contributed by atoms with Crippen LogP contribution in [0.5, 0.6) is 0 Å². The van der Waals surface area contributed by atoms with Gasteiger partial charge >= 0.3 is 29.5 Å². The van der Waals surface area contributed by atoms with Crippen molar-refractivity contribution in [3.8, 4) is 0 Å². The average molecular weight is 657 g/mol. The minimum Gasteiger partial charge on any atom is -0.463 e. The van der Waals surface area contributed by atoms with Gasteiger partial charge in [-0.25, -0.2) is 14.2 Å². The Labute approximate surface area is 264 Å². The van der Waals surface area contributed by atoms with Crippen molar-refractivity contribution in [3.05, 3.63) is 70.3 Å². The van der Waals surface area contributed by atoms with E-state index in [0.29, 0.717) is 22.0 Å². The zero-order valence-corrected chi connectivity index (χ0v) is 25.9. The lowest BCUT2D eigenvalue weighted by molar-refractivity contribution is -0.269. The molecular formula is C31H29FN2O11S. The zero-order chi connectivity index (χ0) is 33.1. The first-order valence-corrected chi connectivity index (χ1v) is 15.0. The van der Waals surface area contributed by atoms with Crippen LogP contribution in [0.25, 0.3) is 22.0 Å². The quantitative estimate of drug-likeness (QED) is 0.111. The van der Waals surface area contributed by atoms with Crippen molar-refractivity contribution in [1.82, 2.24) is 9.55 Å². The molecule has 2 aromatic carbocycles. The van der Waals surface area contributed by atoms with Crippen LogP contribution in [0.1, 0.15) is 39.5 Å². The Morgan fingerprint density at radius 2 is 1.57 bits per heavy atom. The molecule has 2 aromatic heterocycles. The second kappa shape index (κ2) is 13.7. The molecule has 5 atom stereocenters. The predicted octanol–water partition coefficient (Wildman–Crippen LogP) is 3.83. The van der Waals surface area contributed by atoms with Gasteiger partial charge in [0.05, 0.1) is 11.0 Å². The van der Waals surface area contributed by atoms with Gasteiger partial charge in [0.25, 0.3) is 0 Å². The average Bonchev–Trinajstić information content (AvgIpc) is 3.33. The van der Waals surface area contributed by atoms with E-state index in [-0.39, 0.29) is 16.4 Å². The second-order valence-corrected chi connectivity index (χ2v) is 11.3. The number of hydrogen-bond donors (Lipinski definition) is 0. The van der Waals surface area contributed by atoms with Crippen molar-refractivity contribution in [2.24, 2.45) is 0 Å². The van der Waals surface area contributed by atoms with Crippen LogP contribution >= 0.6 is 11.8 Å². The molecule has 1 aliphatic rings. The lowest BCUT2D eigenvalue weighted by atomic mass is 9.97. The van der Waals surface area contributed by atoms with E-state index >= 15 is 0 Å². The molecular weight excluding hydrogens is 627 g/mol. The van der Waals surface area contributed by atoms with E-state index in [9.17, 15) is 28.4 Å². The number of nitrogens with zero attached hydrogens (tertiary/aromatic N) is 2. The van der Waals surface area contributed by atoms with Crippen molar-refractivity contribution in [2.75, 3.05) is 6.61 Å². The Kier molecular flexibility index (Phi) is 9.72. The lowest BCUT2D eigenvalue weighted by Gasteiger charge is -2.45. The van der Waals surface area contributed by atoms with Crippen molar-refractivity contribution in [2.45, 2.75) is 69.2 Å². The van der Waals surface area contributed by atoms with Gasteiger partial charge in [-0.15, -0.1) is 0 Å². The Balaban J connectivity index is 1.63. The Bertz CT molecular complexity index is 1870. The van der Waals surface area contributed by atoms with E-state index < -0.39 is 72.6 Å². The fourth-order valence-corrected chi connectivity index (χ4v) is 6.15. The maximum atomic E-state index is 14.4. The number of thioether (sulfide) groups is 1. The van der Waals surface area contributed by atoms with Crippen LogP contribution < -0.4 is 5.63 Å². The number of hydrogen-bond acceptors (Lipinski definition) is 13. The van der Waals surface area contributed by atoms with Crippen molar-refractivity contribution in [3.63, 3.8) is 0 Å². The Hall–Kier alpha value is -4.76. The minimum absolute atomic E-state index is 0.0598. The number of esters is 4. The third-order valence-electron chi connectivity index (χ3n) is 6.91. The number of rotatable bonds is 9. The van der Waals surface area contributed by atoms with Crippen molar-refractivity contribution < 1.29 is 51.7 Å². The van der Waals surface area contributed by atoms with Crippen LogP contribution in [0.15, 0.2) is 62.9 Å². The minimum atomic E-state index is -1.44. The van der Waals surface area contributed by atoms with E-state index in [0.717, 1.165) is 32.5 Å². The molecule has 1 aliphatic heterocycles. The van der Waals surface area contributed by atoms with Gasteiger partial charge in [0.2, 0.25) is 0 Å². The number of carbonyl (C=O) groups is 4. The molecule has 1 fully saturated rings. The number of imidazole rings is 1. The SMILES string of the molecule is CC(=O)OCC1OC(n2c(SCc3cc4ccccc4oc3=O)nc3cc(F)ccc32)C(OC(C)=O)C(OC(C)=O)C1OC(C)=O. The second-order valence-electron chi connectivity index (χ2n) is 10.4. The van der Waals surface area contributed by atoms with Gasteiger partial charge in [-0.2, -0.15) is 0 Å². The molecule has 0 saturated carbocycles. The summed E-state index contributed by atoms with van der Waals surface area (Å²) in [6.45, 7) is 4.10. The first kappa shape index (κ1) is 32.6. The molecule has 0 amide bonds. The molecule has 1 saturated heterocycles. The molecule has 242 valence electrons. The zero-order valence-electron chi connectivity index (χ0n) is 25.1. The number of benzene rings is 2. The van der Waals surface area contributed by atoms with Crippen molar-refractivity contribution >= 4 is 57.6 Å². The number of para-hydroxylation sites is 1.